The lowest BCUT2D eigenvalue weighted by molar-refractivity contribution is -0.150. The number of carboxylic acid groups (broad SMARTS) is 1. The molecule has 22 heavy (non-hydrogen) atoms. The number of benzene rings is 2. The highest BCUT2D eigenvalue weighted by atomic mass is 16.5. The zero-order chi connectivity index (χ0) is 15.9. The normalized spacial score (nSPS) is 24.0. The van der Waals surface area contributed by atoms with Crippen molar-refractivity contribution in [1.29, 1.82) is 0 Å². The molecule has 0 heterocycles. The van der Waals surface area contributed by atoms with Crippen LogP contribution in [0.2, 0.25) is 0 Å². The van der Waals surface area contributed by atoms with Crippen molar-refractivity contribution in [3.05, 3.63) is 41.5 Å². The van der Waals surface area contributed by atoms with E-state index in [4.69, 9.17) is 4.74 Å². The third-order valence-corrected chi connectivity index (χ3v) is 5.31. The maximum absolute atomic E-state index is 11.8. The van der Waals surface area contributed by atoms with Crippen molar-refractivity contribution < 1.29 is 14.6 Å². The maximum Gasteiger partial charge on any atom is 0.309 e. The van der Waals surface area contributed by atoms with Crippen LogP contribution >= 0.6 is 0 Å². The van der Waals surface area contributed by atoms with Crippen LogP contribution in [-0.4, -0.2) is 18.2 Å². The number of methoxy groups -OCH3 is 1. The van der Waals surface area contributed by atoms with Crippen LogP contribution in [0, 0.1) is 5.41 Å². The first-order valence-corrected chi connectivity index (χ1v) is 7.84. The highest BCUT2D eigenvalue weighted by Crippen LogP contribution is 2.49. The Kier molecular flexibility index (Phi) is 3.59. The quantitative estimate of drug-likeness (QED) is 0.914. The van der Waals surface area contributed by atoms with Crippen molar-refractivity contribution in [3.8, 4) is 5.75 Å². The molecule has 2 aromatic rings. The number of hydrogen-bond donors (Lipinski definition) is 1. The molecule has 3 heteroatoms. The molecule has 2 atom stereocenters. The Morgan fingerprint density at radius 2 is 2.14 bits per heavy atom. The van der Waals surface area contributed by atoms with Gasteiger partial charge in [-0.1, -0.05) is 25.1 Å². The molecule has 1 unspecified atom stereocenters. The molecule has 0 fully saturated rings. The molecule has 1 aliphatic carbocycles. The zero-order valence-corrected chi connectivity index (χ0v) is 13.3. The van der Waals surface area contributed by atoms with E-state index in [1.54, 1.807) is 7.11 Å². The minimum Gasteiger partial charge on any atom is -0.497 e. The minimum absolute atomic E-state index is 0.0697. The second-order valence-corrected chi connectivity index (χ2v) is 6.40. The van der Waals surface area contributed by atoms with Gasteiger partial charge in [0, 0.05) is 0 Å². The molecule has 2 aromatic carbocycles. The average molecular weight is 298 g/mol. The Hall–Kier alpha value is -2.03. The lowest BCUT2D eigenvalue weighted by Crippen LogP contribution is -2.38. The van der Waals surface area contributed by atoms with Crippen molar-refractivity contribution in [1.82, 2.24) is 0 Å². The summed E-state index contributed by atoms with van der Waals surface area (Å²) in [5.41, 5.74) is 1.85. The molecule has 0 aromatic heterocycles. The summed E-state index contributed by atoms with van der Waals surface area (Å²) >= 11 is 0. The Morgan fingerprint density at radius 1 is 1.36 bits per heavy atom. The van der Waals surface area contributed by atoms with E-state index in [0.717, 1.165) is 24.0 Å². The fraction of sp³-hybridized carbons (Fsp3) is 0.421. The van der Waals surface area contributed by atoms with Crippen LogP contribution in [0.15, 0.2) is 30.3 Å². The van der Waals surface area contributed by atoms with Gasteiger partial charge in [0.15, 0.2) is 0 Å². The molecule has 3 nitrogen and oxygen atoms in total. The molecule has 0 spiro atoms. The summed E-state index contributed by atoms with van der Waals surface area (Å²) in [6, 6.07) is 10.3. The largest absolute Gasteiger partial charge is 0.497 e. The van der Waals surface area contributed by atoms with E-state index in [-0.39, 0.29) is 5.92 Å². The average Bonchev–Trinajstić information content (AvgIpc) is 2.53. The summed E-state index contributed by atoms with van der Waals surface area (Å²) in [7, 11) is 1.67. The van der Waals surface area contributed by atoms with Crippen LogP contribution in [0.25, 0.3) is 10.8 Å². The molecule has 1 aliphatic rings. The number of hydrogen-bond acceptors (Lipinski definition) is 2. The van der Waals surface area contributed by atoms with Gasteiger partial charge in [-0.25, -0.2) is 0 Å². The summed E-state index contributed by atoms with van der Waals surface area (Å²) in [6.45, 7) is 3.98. The first-order chi connectivity index (χ1) is 10.5. The van der Waals surface area contributed by atoms with Crippen LogP contribution in [-0.2, 0) is 11.2 Å². The van der Waals surface area contributed by atoms with Crippen molar-refractivity contribution in [2.24, 2.45) is 5.41 Å². The van der Waals surface area contributed by atoms with Gasteiger partial charge in [-0.3, -0.25) is 4.79 Å². The van der Waals surface area contributed by atoms with Crippen molar-refractivity contribution in [2.45, 2.75) is 39.0 Å². The summed E-state index contributed by atoms with van der Waals surface area (Å²) < 4.78 is 5.30. The maximum atomic E-state index is 11.8. The van der Waals surface area contributed by atoms with Gasteiger partial charge in [0.25, 0.3) is 0 Å². The number of aliphatic carboxylic acids is 1. The molecule has 1 N–H and O–H groups in total. The second-order valence-electron chi connectivity index (χ2n) is 6.40. The third-order valence-electron chi connectivity index (χ3n) is 5.31. The van der Waals surface area contributed by atoms with Crippen LogP contribution in [0.3, 0.4) is 0 Å². The molecule has 0 saturated heterocycles. The number of fused-ring (bicyclic) bond motifs is 3. The number of rotatable bonds is 3. The number of carbonyl (C=O) groups is 1. The molecule has 0 saturated carbocycles. The van der Waals surface area contributed by atoms with Crippen LogP contribution < -0.4 is 4.74 Å². The first kappa shape index (κ1) is 14.9. The zero-order valence-electron chi connectivity index (χ0n) is 13.3. The van der Waals surface area contributed by atoms with Gasteiger partial charge >= 0.3 is 5.97 Å². The van der Waals surface area contributed by atoms with E-state index in [0.29, 0.717) is 6.42 Å². The fourth-order valence-electron chi connectivity index (χ4n) is 3.95. The number of ether oxygens (including phenoxy) is 1. The predicted octanol–water partition coefficient (Wildman–Crippen LogP) is 4.38. The number of carboxylic acids is 1. The van der Waals surface area contributed by atoms with Gasteiger partial charge in [0.1, 0.15) is 5.75 Å². The van der Waals surface area contributed by atoms with E-state index >= 15 is 0 Å². The molecule has 3 rings (SSSR count). The van der Waals surface area contributed by atoms with Crippen molar-refractivity contribution in [2.75, 3.05) is 7.11 Å². The molecular weight excluding hydrogens is 276 g/mol. The van der Waals surface area contributed by atoms with E-state index in [9.17, 15) is 9.90 Å². The molecule has 0 amide bonds. The lowest BCUT2D eigenvalue weighted by Gasteiger charge is -2.39. The van der Waals surface area contributed by atoms with Crippen molar-refractivity contribution >= 4 is 16.7 Å². The molecular formula is C19H22O3. The molecule has 0 radical (unpaired) electrons. The smallest absolute Gasteiger partial charge is 0.309 e. The first-order valence-electron chi connectivity index (χ1n) is 7.84. The monoisotopic (exact) mass is 298 g/mol. The van der Waals surface area contributed by atoms with E-state index in [1.165, 1.54) is 16.5 Å². The van der Waals surface area contributed by atoms with Gasteiger partial charge in [-0.05, 0) is 66.1 Å². The topological polar surface area (TPSA) is 46.5 Å². The van der Waals surface area contributed by atoms with E-state index in [2.05, 4.69) is 25.1 Å². The Bertz CT molecular complexity index is 735. The molecule has 0 aliphatic heterocycles. The molecule has 0 bridgehead atoms. The van der Waals surface area contributed by atoms with E-state index < -0.39 is 11.4 Å². The van der Waals surface area contributed by atoms with Crippen LogP contribution in [0.5, 0.6) is 5.75 Å². The second kappa shape index (κ2) is 5.31. The predicted molar refractivity (Wildman–Crippen MR) is 87.6 cm³/mol. The summed E-state index contributed by atoms with van der Waals surface area (Å²) in [5, 5.41) is 12.1. The van der Waals surface area contributed by atoms with Gasteiger partial charge < -0.3 is 9.84 Å². The van der Waals surface area contributed by atoms with Gasteiger partial charge in [0.2, 0.25) is 0 Å². The van der Waals surface area contributed by atoms with Gasteiger partial charge in [-0.15, -0.1) is 0 Å². The van der Waals surface area contributed by atoms with Crippen molar-refractivity contribution in [3.63, 3.8) is 0 Å². The SMILES string of the molecule is CCC1c2ccc3cc(OC)ccc3c2CC[C@]1(C)C(=O)O. The standard InChI is InChI=1S/C19H22O3/c1-4-17-16-7-5-12-11-13(22-3)6-8-14(12)15(16)9-10-19(17,2)18(20)21/h5-8,11,17H,4,9-10H2,1-3H3,(H,20,21)/t17?,19-/m0/s1. The highest BCUT2D eigenvalue weighted by Gasteiger charge is 2.44. The summed E-state index contributed by atoms with van der Waals surface area (Å²) in [5.74, 6) is 0.241. The number of aryl methyl sites for hydroxylation is 1. The minimum atomic E-state index is -0.681. The van der Waals surface area contributed by atoms with E-state index in [1.807, 2.05) is 19.1 Å². The Morgan fingerprint density at radius 3 is 2.77 bits per heavy atom. The third kappa shape index (κ3) is 2.07. The Labute approximate surface area is 130 Å². The van der Waals surface area contributed by atoms with Gasteiger partial charge in [0.05, 0.1) is 12.5 Å². The fourth-order valence-corrected chi connectivity index (χ4v) is 3.95. The lowest BCUT2D eigenvalue weighted by atomic mass is 9.63. The summed E-state index contributed by atoms with van der Waals surface area (Å²) in [6.07, 6.45) is 2.36. The van der Waals surface area contributed by atoms with Crippen LogP contribution in [0.1, 0.15) is 43.7 Å². The highest BCUT2D eigenvalue weighted by molar-refractivity contribution is 5.89. The Balaban J connectivity index is 2.19. The summed E-state index contributed by atoms with van der Waals surface area (Å²) in [4.78, 5) is 11.8. The molecule has 116 valence electrons. The van der Waals surface area contributed by atoms with Crippen LogP contribution in [0.4, 0.5) is 0 Å². The van der Waals surface area contributed by atoms with Gasteiger partial charge in [-0.2, -0.15) is 0 Å².